The summed E-state index contributed by atoms with van der Waals surface area (Å²) in [6.45, 7) is 1.26. The van der Waals surface area contributed by atoms with Crippen LogP contribution < -0.4 is 9.80 Å². The number of carboxylic acids is 1. The third kappa shape index (κ3) is 5.77. The van der Waals surface area contributed by atoms with E-state index in [1.807, 2.05) is 41.8 Å². The van der Waals surface area contributed by atoms with Crippen LogP contribution in [-0.4, -0.2) is 45.9 Å². The van der Waals surface area contributed by atoms with Crippen molar-refractivity contribution in [3.63, 3.8) is 0 Å². The van der Waals surface area contributed by atoms with E-state index in [4.69, 9.17) is 4.98 Å². The Hall–Kier alpha value is -3.59. The molecule has 1 N–H and O–H groups in total. The molecule has 0 radical (unpaired) electrons. The number of benzene rings is 1. The highest BCUT2D eigenvalue weighted by atomic mass is 32.1. The second-order valence-corrected chi connectivity index (χ2v) is 12.3. The topological polar surface area (TPSA) is 104 Å². The van der Waals surface area contributed by atoms with Crippen molar-refractivity contribution in [1.82, 2.24) is 9.97 Å². The molecule has 3 aromatic rings. The van der Waals surface area contributed by atoms with Crippen LogP contribution in [0.1, 0.15) is 64.2 Å². The van der Waals surface area contributed by atoms with Gasteiger partial charge in [0, 0.05) is 42.2 Å². The lowest BCUT2D eigenvalue weighted by Crippen LogP contribution is -2.44. The Kier molecular flexibility index (Phi) is 8.14. The van der Waals surface area contributed by atoms with Gasteiger partial charge in [-0.3, -0.25) is 24.2 Å². The first-order chi connectivity index (χ1) is 20.0. The van der Waals surface area contributed by atoms with Crippen LogP contribution in [-0.2, 0) is 14.4 Å². The van der Waals surface area contributed by atoms with Crippen LogP contribution in [0.4, 0.5) is 10.9 Å². The van der Waals surface area contributed by atoms with Gasteiger partial charge < -0.3 is 5.11 Å². The zero-order valence-electron chi connectivity index (χ0n) is 23.2. The molecule has 1 saturated carbocycles. The highest BCUT2D eigenvalue weighted by molar-refractivity contribution is 7.14. The first-order valence-corrected chi connectivity index (χ1v) is 15.7. The van der Waals surface area contributed by atoms with Gasteiger partial charge in [0.15, 0.2) is 5.13 Å². The number of rotatable bonds is 7. The van der Waals surface area contributed by atoms with Crippen LogP contribution in [0.25, 0.3) is 22.4 Å². The molecule has 2 aromatic heterocycles. The summed E-state index contributed by atoms with van der Waals surface area (Å²) in [6.07, 6.45) is 10.4. The summed E-state index contributed by atoms with van der Waals surface area (Å²) in [5.41, 5.74) is 3.61. The number of anilines is 2. The van der Waals surface area contributed by atoms with Crippen molar-refractivity contribution in [2.75, 3.05) is 22.9 Å². The van der Waals surface area contributed by atoms with E-state index in [2.05, 4.69) is 4.98 Å². The van der Waals surface area contributed by atoms with Gasteiger partial charge in [0.2, 0.25) is 11.8 Å². The molecule has 4 heterocycles. The molecule has 3 aliphatic rings. The Morgan fingerprint density at radius 1 is 0.927 bits per heavy atom. The Balaban J connectivity index is 1.27. The number of carboxylic acid groups (broad SMARTS) is 1. The molecule has 214 valence electrons. The quantitative estimate of drug-likeness (QED) is 0.351. The number of amides is 2. The summed E-state index contributed by atoms with van der Waals surface area (Å²) in [7, 11) is 0. The highest BCUT2D eigenvalue weighted by Crippen LogP contribution is 2.42. The van der Waals surface area contributed by atoms with Crippen LogP contribution in [0, 0.1) is 17.8 Å². The number of carbonyl (C=O) groups excluding carboxylic acids is 2. The van der Waals surface area contributed by atoms with Crippen LogP contribution in [0.3, 0.4) is 0 Å². The SMILES string of the molecule is O=C(O)C[C@@H]1C(=O)N(c2nc(-c3ccccc3-c3ccc(N4CCCC4=O)nc3)cs2)CCCC[C@@H]1C1CCCC1. The third-order valence-electron chi connectivity index (χ3n) is 9.00. The number of thiazole rings is 1. The Morgan fingerprint density at radius 2 is 1.68 bits per heavy atom. The van der Waals surface area contributed by atoms with Crippen molar-refractivity contribution in [2.45, 2.75) is 64.2 Å². The van der Waals surface area contributed by atoms with Crippen molar-refractivity contribution < 1.29 is 19.5 Å². The summed E-state index contributed by atoms with van der Waals surface area (Å²) in [5.74, 6) is -0.168. The molecule has 2 saturated heterocycles. The van der Waals surface area contributed by atoms with E-state index in [0.29, 0.717) is 36.4 Å². The van der Waals surface area contributed by atoms with Gasteiger partial charge >= 0.3 is 5.97 Å². The second-order valence-electron chi connectivity index (χ2n) is 11.5. The third-order valence-corrected chi connectivity index (χ3v) is 9.87. The van der Waals surface area contributed by atoms with E-state index in [1.54, 1.807) is 16.0 Å². The van der Waals surface area contributed by atoms with Crippen LogP contribution in [0.15, 0.2) is 48.0 Å². The number of nitrogens with zero attached hydrogens (tertiary/aromatic N) is 4. The maximum atomic E-state index is 14.0. The van der Waals surface area contributed by atoms with Crippen LogP contribution in [0.5, 0.6) is 0 Å². The Morgan fingerprint density at radius 3 is 2.39 bits per heavy atom. The molecule has 41 heavy (non-hydrogen) atoms. The minimum absolute atomic E-state index is 0.0885. The number of aromatic nitrogens is 2. The zero-order chi connectivity index (χ0) is 28.3. The number of hydrogen-bond donors (Lipinski definition) is 1. The van der Waals surface area contributed by atoms with Gasteiger partial charge in [-0.1, -0.05) is 56.4 Å². The Labute approximate surface area is 244 Å². The molecular weight excluding hydrogens is 536 g/mol. The van der Waals surface area contributed by atoms with E-state index in [-0.39, 0.29) is 24.2 Å². The van der Waals surface area contributed by atoms with Gasteiger partial charge in [-0.2, -0.15) is 0 Å². The van der Waals surface area contributed by atoms with Crippen molar-refractivity contribution in [3.05, 3.63) is 48.0 Å². The van der Waals surface area contributed by atoms with Crippen molar-refractivity contribution in [1.29, 1.82) is 0 Å². The van der Waals surface area contributed by atoms with E-state index in [9.17, 15) is 19.5 Å². The summed E-state index contributed by atoms with van der Waals surface area (Å²) < 4.78 is 0. The van der Waals surface area contributed by atoms with Crippen LogP contribution in [0.2, 0.25) is 0 Å². The number of pyridine rings is 1. The fourth-order valence-electron chi connectivity index (χ4n) is 6.98. The van der Waals surface area contributed by atoms with E-state index in [0.717, 1.165) is 60.9 Å². The summed E-state index contributed by atoms with van der Waals surface area (Å²) in [4.78, 5) is 51.0. The predicted molar refractivity (Wildman–Crippen MR) is 160 cm³/mol. The smallest absolute Gasteiger partial charge is 0.304 e. The second kappa shape index (κ2) is 12.1. The molecule has 2 atom stereocenters. The molecule has 0 spiro atoms. The standard InChI is InChI=1S/C32H36N4O4S/c37-29-13-7-17-35(29)28-15-14-22(19-33-28)24-10-3-4-12-25(24)27-20-41-32(34-27)36-16-6-5-11-23(21-8-1-2-9-21)26(31(36)40)18-30(38)39/h3-4,10,12,14-15,19-21,23,26H,1-2,5-9,11,13,16-18H2,(H,38,39)/t23-,26+/m1/s1. The summed E-state index contributed by atoms with van der Waals surface area (Å²) in [6, 6.07) is 11.9. The zero-order valence-corrected chi connectivity index (χ0v) is 24.0. The normalized spacial score (nSPS) is 22.2. The van der Waals surface area contributed by atoms with Gasteiger partial charge in [-0.05, 0) is 48.8 Å². The van der Waals surface area contributed by atoms with Gasteiger partial charge in [0.25, 0.3) is 0 Å². The molecule has 0 unspecified atom stereocenters. The van der Waals surface area contributed by atoms with Gasteiger partial charge in [0.1, 0.15) is 5.82 Å². The molecule has 1 aliphatic carbocycles. The van der Waals surface area contributed by atoms with E-state index in [1.165, 1.54) is 24.2 Å². The van der Waals surface area contributed by atoms with Gasteiger partial charge in [0.05, 0.1) is 18.0 Å². The maximum Gasteiger partial charge on any atom is 0.304 e. The van der Waals surface area contributed by atoms with Crippen molar-refractivity contribution in [2.24, 2.45) is 17.8 Å². The lowest BCUT2D eigenvalue weighted by Gasteiger charge is -2.35. The average Bonchev–Trinajstić information content (AvgIpc) is 3.76. The molecule has 2 amide bonds. The first-order valence-electron chi connectivity index (χ1n) is 14.8. The summed E-state index contributed by atoms with van der Waals surface area (Å²) in [5, 5.41) is 12.3. The monoisotopic (exact) mass is 572 g/mol. The van der Waals surface area contributed by atoms with Gasteiger partial charge in [-0.15, -0.1) is 11.3 Å². The first kappa shape index (κ1) is 27.6. The summed E-state index contributed by atoms with van der Waals surface area (Å²) >= 11 is 1.44. The van der Waals surface area contributed by atoms with Crippen LogP contribution >= 0.6 is 11.3 Å². The maximum absolute atomic E-state index is 14.0. The minimum Gasteiger partial charge on any atom is -0.481 e. The van der Waals surface area contributed by atoms with Crippen molar-refractivity contribution in [3.8, 4) is 22.4 Å². The minimum atomic E-state index is -0.908. The number of carbonyl (C=O) groups is 3. The molecule has 2 aliphatic heterocycles. The molecule has 3 fully saturated rings. The number of aliphatic carboxylic acids is 1. The lowest BCUT2D eigenvalue weighted by atomic mass is 9.74. The lowest BCUT2D eigenvalue weighted by molar-refractivity contribution is -0.142. The van der Waals surface area contributed by atoms with E-state index < -0.39 is 11.9 Å². The largest absolute Gasteiger partial charge is 0.481 e. The number of hydrogen-bond acceptors (Lipinski definition) is 6. The average molecular weight is 573 g/mol. The van der Waals surface area contributed by atoms with Gasteiger partial charge in [-0.25, -0.2) is 9.97 Å². The fraction of sp³-hybridized carbons (Fsp3) is 0.469. The molecule has 9 heteroatoms. The van der Waals surface area contributed by atoms with Crippen molar-refractivity contribution >= 4 is 40.1 Å². The predicted octanol–water partition coefficient (Wildman–Crippen LogP) is 6.41. The van der Waals surface area contributed by atoms with E-state index >= 15 is 0 Å². The fourth-order valence-corrected chi connectivity index (χ4v) is 7.83. The molecular formula is C32H36N4O4S. The molecule has 6 rings (SSSR count). The molecule has 1 aromatic carbocycles. The molecule has 8 nitrogen and oxygen atoms in total. The molecule has 0 bridgehead atoms. The Bertz CT molecular complexity index is 1420. The highest BCUT2D eigenvalue weighted by Gasteiger charge is 2.40.